The van der Waals surface area contributed by atoms with E-state index in [-0.39, 0.29) is 17.5 Å². The topological polar surface area (TPSA) is 73.7 Å². The molecule has 2 fully saturated rings. The SMILES string of the molecule is O=C(O)c1cnc(N2CCN3C(=O)CCC3C2)c(Cl)c1. The number of halogens is 1. The van der Waals surface area contributed by atoms with E-state index in [1.165, 1.54) is 12.3 Å². The lowest BCUT2D eigenvalue weighted by Gasteiger charge is -2.38. The molecule has 6 nitrogen and oxygen atoms in total. The number of pyridine rings is 1. The summed E-state index contributed by atoms with van der Waals surface area (Å²) in [6, 6.07) is 1.63. The third kappa shape index (κ3) is 2.20. The van der Waals surface area contributed by atoms with Crippen LogP contribution in [-0.2, 0) is 4.79 Å². The Labute approximate surface area is 120 Å². The molecule has 0 radical (unpaired) electrons. The third-order valence-corrected chi connectivity index (χ3v) is 4.14. The summed E-state index contributed by atoms with van der Waals surface area (Å²) in [5, 5.41) is 9.24. The molecule has 0 saturated carbocycles. The monoisotopic (exact) mass is 295 g/mol. The molecule has 1 aromatic heterocycles. The minimum atomic E-state index is -1.04. The van der Waals surface area contributed by atoms with Gasteiger partial charge in [0.2, 0.25) is 5.91 Å². The largest absolute Gasteiger partial charge is 0.478 e. The van der Waals surface area contributed by atoms with Gasteiger partial charge in [-0.15, -0.1) is 0 Å². The van der Waals surface area contributed by atoms with Crippen molar-refractivity contribution in [3.63, 3.8) is 0 Å². The van der Waals surface area contributed by atoms with Crippen LogP contribution in [0.1, 0.15) is 23.2 Å². The van der Waals surface area contributed by atoms with Crippen molar-refractivity contribution in [2.75, 3.05) is 24.5 Å². The highest BCUT2D eigenvalue weighted by molar-refractivity contribution is 6.33. The van der Waals surface area contributed by atoms with Crippen molar-refractivity contribution in [1.82, 2.24) is 9.88 Å². The van der Waals surface area contributed by atoms with E-state index in [9.17, 15) is 9.59 Å². The van der Waals surface area contributed by atoms with Crippen molar-refractivity contribution < 1.29 is 14.7 Å². The van der Waals surface area contributed by atoms with Gasteiger partial charge >= 0.3 is 5.97 Å². The molecule has 20 heavy (non-hydrogen) atoms. The molecule has 1 N–H and O–H groups in total. The Balaban J connectivity index is 1.80. The Kier molecular flexibility index (Phi) is 3.25. The van der Waals surface area contributed by atoms with Gasteiger partial charge in [-0.05, 0) is 12.5 Å². The second-order valence-electron chi connectivity index (χ2n) is 5.06. The average molecular weight is 296 g/mol. The molecule has 0 aromatic carbocycles. The van der Waals surface area contributed by atoms with Crippen LogP contribution in [0.25, 0.3) is 0 Å². The van der Waals surface area contributed by atoms with Crippen LogP contribution in [-0.4, -0.2) is 52.5 Å². The van der Waals surface area contributed by atoms with Crippen LogP contribution in [0.15, 0.2) is 12.3 Å². The molecule has 2 aliphatic heterocycles. The fourth-order valence-electron chi connectivity index (χ4n) is 2.84. The zero-order valence-corrected chi connectivity index (χ0v) is 11.5. The van der Waals surface area contributed by atoms with Crippen LogP contribution in [0.2, 0.25) is 5.02 Å². The summed E-state index contributed by atoms with van der Waals surface area (Å²) >= 11 is 6.13. The van der Waals surface area contributed by atoms with Crippen molar-refractivity contribution in [2.45, 2.75) is 18.9 Å². The first kappa shape index (κ1) is 13.2. The van der Waals surface area contributed by atoms with E-state index in [4.69, 9.17) is 16.7 Å². The number of carboxylic acids is 1. The van der Waals surface area contributed by atoms with Crippen LogP contribution >= 0.6 is 11.6 Å². The maximum absolute atomic E-state index is 11.6. The number of piperazine rings is 1. The summed E-state index contributed by atoms with van der Waals surface area (Å²) in [5.74, 6) is -0.234. The molecular formula is C13H14ClN3O3. The molecule has 0 spiro atoms. The molecule has 1 aromatic rings. The van der Waals surface area contributed by atoms with Crippen LogP contribution in [0.5, 0.6) is 0 Å². The minimum absolute atomic E-state index is 0.0773. The van der Waals surface area contributed by atoms with Crippen molar-refractivity contribution in [3.05, 3.63) is 22.8 Å². The Hall–Kier alpha value is -1.82. The van der Waals surface area contributed by atoms with E-state index in [2.05, 4.69) is 4.98 Å². The van der Waals surface area contributed by atoms with Gasteiger partial charge in [0.15, 0.2) is 0 Å². The first-order valence-corrected chi connectivity index (χ1v) is 6.87. The molecule has 0 aliphatic carbocycles. The van der Waals surface area contributed by atoms with Gasteiger partial charge in [0.05, 0.1) is 10.6 Å². The second kappa shape index (κ2) is 4.94. The summed E-state index contributed by atoms with van der Waals surface area (Å²) in [6.45, 7) is 2.04. The quantitative estimate of drug-likeness (QED) is 0.889. The lowest BCUT2D eigenvalue weighted by molar-refractivity contribution is -0.129. The third-order valence-electron chi connectivity index (χ3n) is 3.86. The number of carbonyl (C=O) groups is 2. The number of nitrogens with zero attached hydrogens (tertiary/aromatic N) is 3. The van der Waals surface area contributed by atoms with E-state index in [0.717, 1.165) is 6.42 Å². The maximum Gasteiger partial charge on any atom is 0.337 e. The average Bonchev–Trinajstić information content (AvgIpc) is 2.79. The summed E-state index contributed by atoms with van der Waals surface area (Å²) in [4.78, 5) is 30.6. The number of aromatic nitrogens is 1. The molecule has 0 bridgehead atoms. The van der Waals surface area contributed by atoms with Crippen LogP contribution in [0.4, 0.5) is 5.82 Å². The van der Waals surface area contributed by atoms with E-state index in [1.807, 2.05) is 9.80 Å². The van der Waals surface area contributed by atoms with Gasteiger partial charge in [0.25, 0.3) is 0 Å². The first-order chi connectivity index (χ1) is 9.56. The number of carbonyl (C=O) groups excluding carboxylic acids is 1. The lowest BCUT2D eigenvalue weighted by Crippen LogP contribution is -2.51. The predicted molar refractivity (Wildman–Crippen MR) is 73.2 cm³/mol. The highest BCUT2D eigenvalue weighted by atomic mass is 35.5. The fraction of sp³-hybridized carbons (Fsp3) is 0.462. The van der Waals surface area contributed by atoms with Gasteiger partial charge in [0, 0.05) is 38.3 Å². The molecule has 7 heteroatoms. The number of hydrogen-bond donors (Lipinski definition) is 1. The molecule has 1 atom stereocenters. The smallest absolute Gasteiger partial charge is 0.337 e. The molecule has 3 rings (SSSR count). The Morgan fingerprint density at radius 1 is 1.45 bits per heavy atom. The van der Waals surface area contributed by atoms with Gasteiger partial charge in [0.1, 0.15) is 5.82 Å². The first-order valence-electron chi connectivity index (χ1n) is 6.49. The number of hydrogen-bond acceptors (Lipinski definition) is 4. The summed E-state index contributed by atoms with van der Waals surface area (Å²) in [7, 11) is 0. The van der Waals surface area contributed by atoms with Gasteiger partial charge in [-0.2, -0.15) is 0 Å². The van der Waals surface area contributed by atoms with Crippen molar-refractivity contribution >= 4 is 29.3 Å². The number of fused-ring (bicyclic) bond motifs is 1. The Morgan fingerprint density at radius 2 is 2.25 bits per heavy atom. The summed E-state index contributed by atoms with van der Waals surface area (Å²) in [6.07, 6.45) is 2.79. The van der Waals surface area contributed by atoms with Crippen LogP contribution in [0, 0.1) is 0 Å². The molecule has 1 unspecified atom stereocenters. The van der Waals surface area contributed by atoms with E-state index < -0.39 is 5.97 Å². The predicted octanol–water partition coefficient (Wildman–Crippen LogP) is 1.24. The van der Waals surface area contributed by atoms with E-state index in [1.54, 1.807) is 0 Å². The van der Waals surface area contributed by atoms with E-state index in [0.29, 0.717) is 36.9 Å². The van der Waals surface area contributed by atoms with Crippen molar-refractivity contribution in [2.24, 2.45) is 0 Å². The highest BCUT2D eigenvalue weighted by Gasteiger charge is 2.36. The zero-order chi connectivity index (χ0) is 14.3. The van der Waals surface area contributed by atoms with Gasteiger partial charge < -0.3 is 14.9 Å². The Bertz CT molecular complexity index is 578. The number of carboxylic acid groups (broad SMARTS) is 1. The molecule has 2 aliphatic rings. The molecule has 1 amide bonds. The molecule has 2 saturated heterocycles. The fourth-order valence-corrected chi connectivity index (χ4v) is 3.12. The number of rotatable bonds is 2. The van der Waals surface area contributed by atoms with Crippen molar-refractivity contribution in [1.29, 1.82) is 0 Å². The number of aromatic carboxylic acids is 1. The zero-order valence-electron chi connectivity index (χ0n) is 10.8. The minimum Gasteiger partial charge on any atom is -0.478 e. The van der Waals surface area contributed by atoms with Crippen LogP contribution < -0.4 is 4.90 Å². The standard InChI is InChI=1S/C13H14ClN3O3/c14-10-5-8(13(19)20)6-15-12(10)16-3-4-17-9(7-16)1-2-11(17)18/h5-6,9H,1-4,7H2,(H,19,20). The summed E-state index contributed by atoms with van der Waals surface area (Å²) < 4.78 is 0. The normalized spacial score (nSPS) is 22.1. The maximum atomic E-state index is 11.6. The number of amides is 1. The van der Waals surface area contributed by atoms with Gasteiger partial charge in [-0.1, -0.05) is 11.6 Å². The summed E-state index contributed by atoms with van der Waals surface area (Å²) in [5.41, 5.74) is 0.0773. The molecule has 106 valence electrons. The van der Waals surface area contributed by atoms with Crippen LogP contribution in [0.3, 0.4) is 0 Å². The van der Waals surface area contributed by atoms with Gasteiger partial charge in [-0.3, -0.25) is 4.79 Å². The van der Waals surface area contributed by atoms with Crippen molar-refractivity contribution in [3.8, 4) is 0 Å². The second-order valence-corrected chi connectivity index (χ2v) is 5.47. The van der Waals surface area contributed by atoms with E-state index >= 15 is 0 Å². The molecular weight excluding hydrogens is 282 g/mol. The molecule has 3 heterocycles. The Morgan fingerprint density at radius 3 is 2.95 bits per heavy atom. The number of anilines is 1. The lowest BCUT2D eigenvalue weighted by atomic mass is 10.1. The van der Waals surface area contributed by atoms with Gasteiger partial charge in [-0.25, -0.2) is 9.78 Å². The highest BCUT2D eigenvalue weighted by Crippen LogP contribution is 2.29.